The van der Waals surface area contributed by atoms with Gasteiger partial charge in [0.15, 0.2) is 0 Å². The Morgan fingerprint density at radius 3 is 2.40 bits per heavy atom. The molecule has 0 amide bonds. The fraction of sp³-hybridized carbons (Fsp3) is 0.0588. The van der Waals surface area contributed by atoms with Crippen molar-refractivity contribution in [2.45, 2.75) is 0 Å². The molecule has 8 heteroatoms. The number of nitrogens with zero attached hydrogens (tertiary/aromatic N) is 3. The number of carboxylic acids is 1. The Bertz CT molecular complexity index is 784. The molecular weight excluding hydrogens is 508 g/mol. The summed E-state index contributed by atoms with van der Waals surface area (Å²) in [7, 11) is 1.52. The van der Waals surface area contributed by atoms with E-state index in [1.54, 1.807) is 30.3 Å². The fourth-order valence-corrected chi connectivity index (χ4v) is 1.63. The number of aromatic carboxylic acids is 1. The van der Waals surface area contributed by atoms with E-state index >= 15 is 0 Å². The molecule has 3 rings (SSSR count). The molecule has 1 aromatic carbocycles. The third-order valence-corrected chi connectivity index (χ3v) is 2.78. The summed E-state index contributed by atoms with van der Waals surface area (Å²) in [5.74, 6) is -0.864. The molecule has 6 nitrogen and oxygen atoms in total. The van der Waals surface area contributed by atoms with Gasteiger partial charge in [0.05, 0.1) is 7.11 Å². The molecule has 3 aromatic rings. The molecule has 2 aromatic heterocycles. The van der Waals surface area contributed by atoms with E-state index in [4.69, 9.17) is 9.84 Å². The SMILES string of the molecule is COc1ccc(-c2[c-]cc(F)cc2)nn1.O=C(O)c1ccccn1.[Pt]. The molecular formula is C17H13FN3O3Pt-. The van der Waals surface area contributed by atoms with Crippen LogP contribution < -0.4 is 4.74 Å². The number of halogens is 1. The maximum Gasteiger partial charge on any atom is 0.354 e. The van der Waals surface area contributed by atoms with Crippen LogP contribution in [0.1, 0.15) is 10.5 Å². The number of pyridine rings is 1. The van der Waals surface area contributed by atoms with Crippen LogP contribution in [0.4, 0.5) is 4.39 Å². The van der Waals surface area contributed by atoms with Gasteiger partial charge in [0, 0.05) is 38.8 Å². The molecule has 0 aliphatic carbocycles. The van der Waals surface area contributed by atoms with Crippen molar-refractivity contribution >= 4 is 5.97 Å². The average Bonchev–Trinajstić information content (AvgIpc) is 2.64. The molecule has 0 spiro atoms. The van der Waals surface area contributed by atoms with Crippen molar-refractivity contribution in [3.63, 3.8) is 0 Å². The Labute approximate surface area is 158 Å². The number of carboxylic acid groups (broad SMARTS) is 1. The molecule has 25 heavy (non-hydrogen) atoms. The van der Waals surface area contributed by atoms with Crippen LogP contribution in [-0.2, 0) is 21.1 Å². The van der Waals surface area contributed by atoms with Gasteiger partial charge in [-0.1, -0.05) is 12.1 Å². The zero-order chi connectivity index (χ0) is 17.4. The number of hydrogen-bond acceptors (Lipinski definition) is 5. The normalized spacial score (nSPS) is 9.20. The Morgan fingerprint density at radius 1 is 1.16 bits per heavy atom. The van der Waals surface area contributed by atoms with E-state index in [2.05, 4.69) is 21.2 Å². The van der Waals surface area contributed by atoms with Crippen LogP contribution in [0.15, 0.2) is 54.7 Å². The van der Waals surface area contributed by atoms with E-state index < -0.39 is 5.97 Å². The van der Waals surface area contributed by atoms with E-state index in [0.717, 1.165) is 0 Å². The largest absolute Gasteiger partial charge is 0.480 e. The molecule has 0 unspecified atom stereocenters. The molecule has 0 atom stereocenters. The minimum atomic E-state index is -0.990. The smallest absolute Gasteiger partial charge is 0.354 e. The third-order valence-electron chi connectivity index (χ3n) is 2.78. The number of hydrogen-bond donors (Lipinski definition) is 1. The predicted octanol–water partition coefficient (Wildman–Crippen LogP) is 2.87. The number of methoxy groups -OCH3 is 1. The fourth-order valence-electron chi connectivity index (χ4n) is 1.63. The quantitative estimate of drug-likeness (QED) is 0.534. The van der Waals surface area contributed by atoms with E-state index in [1.165, 1.54) is 31.5 Å². The first-order valence-corrected chi connectivity index (χ1v) is 6.80. The van der Waals surface area contributed by atoms with Gasteiger partial charge in [-0.3, -0.25) is 4.39 Å². The summed E-state index contributed by atoms with van der Waals surface area (Å²) in [6.07, 6.45) is 1.45. The maximum absolute atomic E-state index is 12.6. The van der Waals surface area contributed by atoms with Crippen molar-refractivity contribution in [3.8, 4) is 17.1 Å². The molecule has 0 bridgehead atoms. The number of carbonyl (C=O) groups is 1. The molecule has 0 saturated heterocycles. The first-order valence-electron chi connectivity index (χ1n) is 6.80. The molecule has 0 saturated carbocycles. The first-order chi connectivity index (χ1) is 11.6. The van der Waals surface area contributed by atoms with E-state index in [9.17, 15) is 9.18 Å². The van der Waals surface area contributed by atoms with Gasteiger partial charge in [0.1, 0.15) is 5.69 Å². The summed E-state index contributed by atoms with van der Waals surface area (Å²) in [5.41, 5.74) is 1.42. The second-order valence-electron chi connectivity index (χ2n) is 4.40. The topological polar surface area (TPSA) is 85.2 Å². The van der Waals surface area contributed by atoms with Gasteiger partial charge in [-0.15, -0.1) is 34.9 Å². The van der Waals surface area contributed by atoms with Crippen molar-refractivity contribution < 1.29 is 40.1 Å². The number of benzene rings is 1. The Morgan fingerprint density at radius 2 is 1.96 bits per heavy atom. The number of rotatable bonds is 3. The number of aromatic nitrogens is 3. The zero-order valence-corrected chi connectivity index (χ0v) is 15.3. The Kier molecular flexibility index (Phi) is 8.36. The van der Waals surface area contributed by atoms with Crippen molar-refractivity contribution in [1.29, 1.82) is 0 Å². The van der Waals surface area contributed by atoms with Gasteiger partial charge in [0.25, 0.3) is 0 Å². The Hall–Kier alpha value is -2.66. The summed E-state index contributed by atoms with van der Waals surface area (Å²) >= 11 is 0. The van der Waals surface area contributed by atoms with Gasteiger partial charge < -0.3 is 9.84 Å². The molecule has 0 aliphatic rings. The summed E-state index contributed by atoms with van der Waals surface area (Å²) in [4.78, 5) is 13.7. The predicted molar refractivity (Wildman–Crippen MR) is 84.0 cm³/mol. The van der Waals surface area contributed by atoms with Gasteiger partial charge in [0.2, 0.25) is 5.88 Å². The molecule has 0 aliphatic heterocycles. The van der Waals surface area contributed by atoms with Gasteiger partial charge in [-0.25, -0.2) is 9.78 Å². The van der Waals surface area contributed by atoms with Crippen LogP contribution in [0.5, 0.6) is 5.88 Å². The Balaban J connectivity index is 0.000000270. The van der Waals surface area contributed by atoms with Crippen molar-refractivity contribution in [2.24, 2.45) is 0 Å². The molecule has 1 N–H and O–H groups in total. The third kappa shape index (κ3) is 6.39. The van der Waals surface area contributed by atoms with E-state index in [-0.39, 0.29) is 32.6 Å². The molecule has 0 fully saturated rings. The van der Waals surface area contributed by atoms with Gasteiger partial charge in [-0.2, -0.15) is 5.10 Å². The van der Waals surface area contributed by atoms with Crippen LogP contribution in [-0.4, -0.2) is 33.4 Å². The first kappa shape index (κ1) is 20.4. The monoisotopic (exact) mass is 521 g/mol. The zero-order valence-electron chi connectivity index (χ0n) is 13.0. The standard InChI is InChI=1S/C11H8FN2O.C6H5NO2.Pt/c1-15-11-7-6-10(13-14-11)8-2-4-9(12)5-3-8;8-6(9)5-3-1-2-4-7-5;/h2,4-7H,1H3;1-4H,(H,8,9);/q-1;;. The van der Waals surface area contributed by atoms with Crippen LogP contribution in [0, 0.1) is 11.9 Å². The van der Waals surface area contributed by atoms with Crippen molar-refractivity contribution in [1.82, 2.24) is 15.2 Å². The molecule has 0 radical (unpaired) electrons. The van der Waals surface area contributed by atoms with Gasteiger partial charge >= 0.3 is 5.97 Å². The second kappa shape index (κ2) is 10.3. The average molecular weight is 521 g/mol. The summed E-state index contributed by atoms with van der Waals surface area (Å²) in [6.45, 7) is 0. The van der Waals surface area contributed by atoms with Crippen LogP contribution in [0.25, 0.3) is 11.3 Å². The second-order valence-corrected chi connectivity index (χ2v) is 4.40. The van der Waals surface area contributed by atoms with Crippen LogP contribution in [0.3, 0.4) is 0 Å². The summed E-state index contributed by atoms with van der Waals surface area (Å²) < 4.78 is 17.5. The van der Waals surface area contributed by atoms with Crippen LogP contribution in [0.2, 0.25) is 0 Å². The van der Waals surface area contributed by atoms with Crippen molar-refractivity contribution in [3.05, 3.63) is 72.3 Å². The minimum Gasteiger partial charge on any atom is -0.480 e. The molecule has 132 valence electrons. The minimum absolute atomic E-state index is 0. The molecule has 2 heterocycles. The van der Waals surface area contributed by atoms with E-state index in [0.29, 0.717) is 17.1 Å². The summed E-state index contributed by atoms with van der Waals surface area (Å²) in [5, 5.41) is 16.1. The van der Waals surface area contributed by atoms with Gasteiger partial charge in [-0.05, 0) is 18.2 Å². The van der Waals surface area contributed by atoms with Crippen molar-refractivity contribution in [2.75, 3.05) is 7.11 Å². The summed E-state index contributed by atoms with van der Waals surface area (Å²) in [6, 6.07) is 15.2. The number of ether oxygens (including phenoxy) is 1. The van der Waals surface area contributed by atoms with E-state index in [1.807, 2.05) is 0 Å². The maximum atomic E-state index is 12.6. The van der Waals surface area contributed by atoms with Crippen LogP contribution >= 0.6 is 0 Å².